The van der Waals surface area contributed by atoms with Gasteiger partial charge in [0.1, 0.15) is 0 Å². The third kappa shape index (κ3) is 4.71. The number of nitrogens with zero attached hydrogens (tertiary/aromatic N) is 2. The van der Waals surface area contributed by atoms with Crippen LogP contribution in [0.4, 0.5) is 5.69 Å². The van der Waals surface area contributed by atoms with E-state index in [1.807, 2.05) is 26.0 Å². The Kier molecular flexibility index (Phi) is 5.08. The minimum absolute atomic E-state index is 0.231. The Morgan fingerprint density at radius 3 is 2.55 bits per heavy atom. The van der Waals surface area contributed by atoms with E-state index in [0.29, 0.717) is 25.6 Å². The van der Waals surface area contributed by atoms with Crippen LogP contribution < -0.4 is 11.1 Å². The first kappa shape index (κ1) is 16.8. The van der Waals surface area contributed by atoms with Crippen LogP contribution in [0.15, 0.2) is 23.2 Å². The molecular weight excluding hydrogens is 300 g/mol. The molecule has 0 bridgehead atoms. The fourth-order valence-electron chi connectivity index (χ4n) is 2.71. The normalized spacial score (nSPS) is 20.3. The Hall–Kier alpha value is -1.60. The summed E-state index contributed by atoms with van der Waals surface area (Å²) in [5, 5.41) is 3.08. The molecule has 1 aromatic carbocycles. The lowest BCUT2D eigenvalue weighted by Crippen LogP contribution is -2.28. The second kappa shape index (κ2) is 6.66. The molecule has 0 spiro atoms. The Bertz CT molecular complexity index is 650. The molecule has 0 amide bonds. The van der Waals surface area contributed by atoms with Crippen molar-refractivity contribution in [2.45, 2.75) is 20.3 Å². The van der Waals surface area contributed by atoms with Crippen LogP contribution in [0.5, 0.6) is 0 Å². The van der Waals surface area contributed by atoms with Gasteiger partial charge >= 0.3 is 0 Å². The third-order valence-corrected chi connectivity index (χ3v) is 5.00. The number of aryl methyl sites for hydroxylation is 2. The minimum Gasteiger partial charge on any atom is -0.370 e. The maximum absolute atomic E-state index is 11.5. The van der Waals surface area contributed by atoms with Crippen LogP contribution in [0.1, 0.15) is 17.5 Å². The molecule has 7 heteroatoms. The quantitative estimate of drug-likeness (QED) is 0.646. The molecule has 1 unspecified atom stereocenters. The van der Waals surface area contributed by atoms with Crippen LogP contribution in [0.3, 0.4) is 0 Å². The maximum Gasteiger partial charge on any atom is 0.211 e. The molecule has 0 aliphatic carbocycles. The van der Waals surface area contributed by atoms with Gasteiger partial charge in [0, 0.05) is 25.3 Å². The topological polar surface area (TPSA) is 87.8 Å². The molecule has 1 aromatic rings. The second-order valence-electron chi connectivity index (χ2n) is 6.00. The van der Waals surface area contributed by atoms with Gasteiger partial charge in [-0.25, -0.2) is 12.7 Å². The smallest absolute Gasteiger partial charge is 0.211 e. The van der Waals surface area contributed by atoms with Gasteiger partial charge in [-0.3, -0.25) is 4.99 Å². The summed E-state index contributed by atoms with van der Waals surface area (Å²) in [5.74, 6) is 0.595. The summed E-state index contributed by atoms with van der Waals surface area (Å²) in [6, 6.07) is 6.11. The Morgan fingerprint density at radius 1 is 1.36 bits per heavy atom. The molecule has 22 heavy (non-hydrogen) atoms. The number of nitrogens with one attached hydrogen (secondary N) is 1. The molecule has 1 aliphatic rings. The highest BCUT2D eigenvalue weighted by Crippen LogP contribution is 2.19. The predicted molar refractivity (Wildman–Crippen MR) is 90.6 cm³/mol. The van der Waals surface area contributed by atoms with E-state index >= 15 is 0 Å². The van der Waals surface area contributed by atoms with E-state index in [9.17, 15) is 8.42 Å². The van der Waals surface area contributed by atoms with E-state index in [1.165, 1.54) is 10.6 Å². The average Bonchev–Trinajstić information content (AvgIpc) is 2.83. The molecule has 122 valence electrons. The highest BCUT2D eigenvalue weighted by Gasteiger charge is 2.28. The van der Waals surface area contributed by atoms with Crippen molar-refractivity contribution < 1.29 is 8.42 Å². The Labute approximate surface area is 132 Å². The standard InChI is InChI=1S/C15H24N4O2S/c1-11-6-12(2)8-14(7-11)18-15(16)17-9-13-4-5-19(10-13)22(3,20)21/h6-8,13H,4-5,9-10H2,1-3H3,(H3,16,17,18). The lowest BCUT2D eigenvalue weighted by Gasteiger charge is -2.12. The lowest BCUT2D eigenvalue weighted by molar-refractivity contribution is 0.464. The van der Waals surface area contributed by atoms with Crippen molar-refractivity contribution in [2.75, 3.05) is 31.2 Å². The molecule has 1 fully saturated rings. The van der Waals surface area contributed by atoms with Crippen molar-refractivity contribution >= 4 is 21.7 Å². The molecule has 1 atom stereocenters. The van der Waals surface area contributed by atoms with Crippen molar-refractivity contribution in [1.29, 1.82) is 0 Å². The molecule has 1 heterocycles. The first-order valence-electron chi connectivity index (χ1n) is 7.34. The molecule has 6 nitrogen and oxygen atoms in total. The zero-order valence-corrected chi connectivity index (χ0v) is 14.2. The number of aliphatic imine (C=N–C) groups is 1. The number of hydrogen-bond donors (Lipinski definition) is 2. The summed E-state index contributed by atoms with van der Waals surface area (Å²) in [6.45, 7) is 5.70. The average molecular weight is 324 g/mol. The number of nitrogens with two attached hydrogens (primary N) is 1. The van der Waals surface area contributed by atoms with Gasteiger partial charge in [-0.05, 0) is 49.4 Å². The first-order valence-corrected chi connectivity index (χ1v) is 9.19. The third-order valence-electron chi connectivity index (χ3n) is 3.73. The molecule has 3 N–H and O–H groups in total. The van der Waals surface area contributed by atoms with Crippen LogP contribution in [-0.2, 0) is 10.0 Å². The van der Waals surface area contributed by atoms with Gasteiger partial charge in [0.05, 0.1) is 6.26 Å². The Morgan fingerprint density at radius 2 is 2.00 bits per heavy atom. The monoisotopic (exact) mass is 324 g/mol. The lowest BCUT2D eigenvalue weighted by atomic mass is 10.1. The van der Waals surface area contributed by atoms with Crippen molar-refractivity contribution in [3.05, 3.63) is 29.3 Å². The van der Waals surface area contributed by atoms with Gasteiger partial charge in [-0.1, -0.05) is 6.07 Å². The van der Waals surface area contributed by atoms with Crippen molar-refractivity contribution in [2.24, 2.45) is 16.6 Å². The Balaban J connectivity index is 1.91. The molecule has 0 saturated carbocycles. The summed E-state index contributed by atoms with van der Waals surface area (Å²) in [5.41, 5.74) is 9.15. The van der Waals surface area contributed by atoms with E-state index in [4.69, 9.17) is 5.73 Å². The zero-order valence-electron chi connectivity index (χ0n) is 13.3. The fraction of sp³-hybridized carbons (Fsp3) is 0.533. The van der Waals surface area contributed by atoms with E-state index in [1.54, 1.807) is 0 Å². The number of hydrogen-bond acceptors (Lipinski definition) is 3. The highest BCUT2D eigenvalue weighted by molar-refractivity contribution is 7.88. The van der Waals surface area contributed by atoms with E-state index in [-0.39, 0.29) is 5.92 Å². The zero-order chi connectivity index (χ0) is 16.3. The summed E-state index contributed by atoms with van der Waals surface area (Å²) in [6.07, 6.45) is 2.07. The van der Waals surface area contributed by atoms with Crippen LogP contribution in [0, 0.1) is 19.8 Å². The van der Waals surface area contributed by atoms with E-state index in [2.05, 4.69) is 16.4 Å². The SMILES string of the molecule is Cc1cc(C)cc(NC(N)=NCC2CCN(S(C)(=O)=O)C2)c1. The predicted octanol–water partition coefficient (Wildman–Crippen LogP) is 1.31. The number of sulfonamides is 1. The van der Waals surface area contributed by atoms with Gasteiger partial charge in [0.15, 0.2) is 5.96 Å². The number of rotatable bonds is 4. The van der Waals surface area contributed by atoms with Gasteiger partial charge in [-0.2, -0.15) is 0 Å². The molecule has 2 rings (SSSR count). The maximum atomic E-state index is 11.5. The van der Waals surface area contributed by atoms with Crippen LogP contribution in [-0.4, -0.2) is 44.6 Å². The van der Waals surface area contributed by atoms with Gasteiger partial charge < -0.3 is 11.1 Å². The largest absolute Gasteiger partial charge is 0.370 e. The van der Waals surface area contributed by atoms with Gasteiger partial charge in [0.2, 0.25) is 10.0 Å². The fourth-order valence-corrected chi connectivity index (χ4v) is 3.63. The summed E-state index contributed by atoms with van der Waals surface area (Å²) < 4.78 is 24.5. The minimum atomic E-state index is -3.09. The molecule has 0 aromatic heterocycles. The van der Waals surface area contributed by atoms with Crippen LogP contribution in [0.25, 0.3) is 0 Å². The number of benzene rings is 1. The summed E-state index contributed by atoms with van der Waals surface area (Å²) in [4.78, 5) is 4.34. The molecule has 1 saturated heterocycles. The van der Waals surface area contributed by atoms with E-state index < -0.39 is 10.0 Å². The summed E-state index contributed by atoms with van der Waals surface area (Å²) >= 11 is 0. The van der Waals surface area contributed by atoms with Crippen LogP contribution in [0.2, 0.25) is 0 Å². The second-order valence-corrected chi connectivity index (χ2v) is 7.99. The van der Waals surface area contributed by atoms with Crippen molar-refractivity contribution in [3.63, 3.8) is 0 Å². The summed E-state index contributed by atoms with van der Waals surface area (Å²) in [7, 11) is -3.09. The van der Waals surface area contributed by atoms with Gasteiger partial charge in [0.25, 0.3) is 0 Å². The highest BCUT2D eigenvalue weighted by atomic mass is 32.2. The number of guanidine groups is 1. The molecule has 0 radical (unpaired) electrons. The number of anilines is 1. The van der Waals surface area contributed by atoms with E-state index in [0.717, 1.165) is 23.2 Å². The van der Waals surface area contributed by atoms with Crippen molar-refractivity contribution in [3.8, 4) is 0 Å². The van der Waals surface area contributed by atoms with Crippen molar-refractivity contribution in [1.82, 2.24) is 4.31 Å². The first-order chi connectivity index (χ1) is 10.2. The van der Waals surface area contributed by atoms with Gasteiger partial charge in [-0.15, -0.1) is 0 Å². The van der Waals surface area contributed by atoms with Crippen LogP contribution >= 0.6 is 0 Å². The molecular formula is C15H24N4O2S. The molecule has 1 aliphatic heterocycles.